The largest absolute Gasteiger partial charge is 1.00 e. The van der Waals surface area contributed by atoms with E-state index >= 15 is 0 Å². The third-order valence-electron chi connectivity index (χ3n) is 21.9. The van der Waals surface area contributed by atoms with Crippen LogP contribution >= 0.6 is 0 Å². The standard InChI is InChI=1S/C34H48N4O7.C20H31N3O4.C13H23NO2.C11H22N2O3.C11H19NO3.C11H19NO2.C8H15NO2.2CH4.ClH/c1-23(2)18-28(36-33(42)44-21-25-12-7-5-8-13-25)31(40)35-27-16-11-17-38(20-30(27)39)32(41)29(19-24(3)4)37-34(43)45-22-26-14-9-6-10-15-26;1-14(2)11-17(19(25)22-16-9-6-10-21-12-18(16)24)23-20(26)27-13-15-7-4-3-5-8-15;1-6-8-9-11-14(10-7-2)12(15)16-13(3,4)5;1-11(2,3)16-10(15)13-6-4-5-8(12)9(14)7-13;1-11(2,3)15-10(13)12-6-4-5-8-9(7-12)14-8;1-11(2,3)14-10(13)12-8-6-4-5-7-9-12;1-5-6-9-7(10)11-8(2,3)4;;;/h5-10,12-15,23-24,27-30,39H,11,16-22H2,1-4H3,(H,35,40)(H,36,42)(H,37,43);3-5,7-8,14,16-18,21,24H,6,9-13H2,1-2H3,(H,22,25)(H,23,26);6-7H,1-2,8-11H2,3-5H3;8-9,14H,4-7,12H2,1-3H3;8-9H,4-7H2,1-3H3;4,6H,5,7-9H2,1-3H3;5H,1,6H2,2-4H3,(H,9,10);2*1H4;1H/t27?,28-,29-,30?;16?,17-,18?;;;;;;;;/m00......../s1. The van der Waals surface area contributed by atoms with Crippen LogP contribution in [0.1, 0.15) is 273 Å². The number of alkyl carbamates (subject to hydrolysis) is 4. The minimum absolute atomic E-state index is 0. The number of aliphatic hydroxyl groups excluding tert-OH is 3. The first-order valence-corrected chi connectivity index (χ1v) is 51.0. The lowest BCUT2D eigenvalue weighted by atomic mass is 10.0. The van der Waals surface area contributed by atoms with Gasteiger partial charge in [-0.15, -0.1) is 19.7 Å². The van der Waals surface area contributed by atoms with Gasteiger partial charge in [-0.2, -0.15) is 0 Å². The Bertz CT molecular complexity index is 4330. The quantitative estimate of drug-likeness (QED) is 0.0139. The van der Waals surface area contributed by atoms with Crippen LogP contribution in [-0.2, 0) is 76.8 Å². The number of likely N-dealkylation sites (tertiary alicyclic amines) is 3. The van der Waals surface area contributed by atoms with Gasteiger partial charge in [0.2, 0.25) is 17.7 Å². The number of benzene rings is 3. The molecule has 11 atom stereocenters. The average Bonchev–Trinajstić information content (AvgIpc) is 1.56. The number of fused-ring (bicyclic) bond motifs is 1. The molecular formula is C110H186ClN13O23. The smallest absolute Gasteiger partial charge is 0.410 e. The Morgan fingerprint density at radius 1 is 0.469 bits per heavy atom. The number of hydrogen-bond acceptors (Lipinski definition) is 24. The van der Waals surface area contributed by atoms with Crippen molar-refractivity contribution >= 4 is 66.5 Å². The van der Waals surface area contributed by atoms with Crippen LogP contribution in [0.5, 0.6) is 0 Å². The van der Waals surface area contributed by atoms with E-state index in [2.05, 4.69) is 63.0 Å². The molecule has 836 valence electrons. The molecule has 147 heavy (non-hydrogen) atoms. The van der Waals surface area contributed by atoms with Crippen molar-refractivity contribution in [2.24, 2.45) is 23.5 Å². The number of nitrogens with one attached hydrogen (secondary N) is 6. The molecule has 3 aromatic carbocycles. The predicted octanol–water partition coefficient (Wildman–Crippen LogP) is 13.1. The van der Waals surface area contributed by atoms with E-state index < -0.39 is 101 Å². The molecule has 3 aromatic rings. The van der Waals surface area contributed by atoms with Gasteiger partial charge in [-0.05, 0) is 235 Å². The summed E-state index contributed by atoms with van der Waals surface area (Å²) in [5.74, 6) is -0.570. The molecule has 11 amide bonds. The molecule has 0 aromatic heterocycles. The molecular weight excluding hydrogens is 1910 g/mol. The van der Waals surface area contributed by atoms with Crippen LogP contribution in [0, 0.1) is 17.8 Å². The van der Waals surface area contributed by atoms with E-state index in [0.29, 0.717) is 90.6 Å². The maximum absolute atomic E-state index is 13.6. The summed E-state index contributed by atoms with van der Waals surface area (Å²) in [6.07, 6.45) is 15.6. The molecule has 5 saturated heterocycles. The van der Waals surface area contributed by atoms with Crippen molar-refractivity contribution < 1.29 is 128 Å². The van der Waals surface area contributed by atoms with E-state index in [9.17, 15) is 68.1 Å². The summed E-state index contributed by atoms with van der Waals surface area (Å²) in [6, 6.07) is 24.4. The van der Waals surface area contributed by atoms with Crippen LogP contribution in [0.25, 0.3) is 0 Å². The van der Waals surface area contributed by atoms with Gasteiger partial charge in [0.25, 0.3) is 0 Å². The molecule has 13 N–H and O–H groups in total. The highest BCUT2D eigenvalue weighted by Gasteiger charge is 2.44. The van der Waals surface area contributed by atoms with Gasteiger partial charge in [-0.3, -0.25) is 14.4 Å². The minimum Gasteiger partial charge on any atom is -1.00 e. The second-order valence-corrected chi connectivity index (χ2v) is 42.8. The van der Waals surface area contributed by atoms with E-state index in [-0.39, 0.29) is 132 Å². The van der Waals surface area contributed by atoms with Crippen LogP contribution in [-0.4, -0.2) is 286 Å². The number of quaternary nitrogens is 1. The molecule has 6 heterocycles. The average molecular weight is 2090 g/mol. The highest BCUT2D eigenvalue weighted by molar-refractivity contribution is 5.88. The lowest BCUT2D eigenvalue weighted by Crippen LogP contribution is -3.00. The van der Waals surface area contributed by atoms with Gasteiger partial charge in [0.05, 0.1) is 50.0 Å². The second-order valence-electron chi connectivity index (χ2n) is 42.8. The third-order valence-corrected chi connectivity index (χ3v) is 21.9. The highest BCUT2D eigenvalue weighted by Crippen LogP contribution is 2.31. The van der Waals surface area contributed by atoms with Gasteiger partial charge in [0.15, 0.2) is 0 Å². The van der Waals surface area contributed by atoms with Crippen LogP contribution in [0.15, 0.2) is 141 Å². The first-order chi connectivity index (χ1) is 67.6. The summed E-state index contributed by atoms with van der Waals surface area (Å²) in [4.78, 5) is 143. The van der Waals surface area contributed by atoms with Crippen LogP contribution in [0.2, 0.25) is 0 Å². The van der Waals surface area contributed by atoms with Gasteiger partial charge >= 0.3 is 48.7 Å². The Balaban J connectivity index is 0.00000180. The monoisotopic (exact) mass is 2090 g/mol. The number of nitrogens with two attached hydrogens (primary N) is 2. The number of carbonyl (C=O) groups is 11. The molecule has 9 rings (SSSR count). The van der Waals surface area contributed by atoms with E-state index in [0.717, 1.165) is 101 Å². The molecule has 6 aliphatic rings. The Labute approximate surface area is 884 Å². The fourth-order valence-corrected chi connectivity index (χ4v) is 14.9. The van der Waals surface area contributed by atoms with Crippen molar-refractivity contribution in [3.8, 4) is 0 Å². The first kappa shape index (κ1) is 136. The van der Waals surface area contributed by atoms with Gasteiger partial charge in [-0.25, -0.2) is 38.4 Å². The zero-order valence-electron chi connectivity index (χ0n) is 90.4. The van der Waals surface area contributed by atoms with E-state index in [1.54, 1.807) is 26.9 Å². The fraction of sp³-hybridized carbons (Fsp3) is 0.664. The molecule has 0 bridgehead atoms. The molecule has 0 saturated carbocycles. The number of aliphatic hydroxyl groups is 3. The molecule has 0 spiro atoms. The molecule has 6 aliphatic heterocycles. The third kappa shape index (κ3) is 63.6. The summed E-state index contributed by atoms with van der Waals surface area (Å²) in [5.41, 5.74) is 6.10. The topological polar surface area (TPSA) is 466 Å². The van der Waals surface area contributed by atoms with Crippen molar-refractivity contribution in [3.63, 3.8) is 0 Å². The van der Waals surface area contributed by atoms with Gasteiger partial charge < -0.3 is 138 Å². The van der Waals surface area contributed by atoms with Gasteiger partial charge in [0.1, 0.15) is 84.7 Å². The fourth-order valence-electron chi connectivity index (χ4n) is 14.9. The van der Waals surface area contributed by atoms with Crippen molar-refractivity contribution in [2.75, 3.05) is 85.1 Å². The van der Waals surface area contributed by atoms with Crippen molar-refractivity contribution in [3.05, 3.63) is 158 Å². The van der Waals surface area contributed by atoms with E-state index in [1.165, 1.54) is 9.80 Å². The summed E-state index contributed by atoms with van der Waals surface area (Å²) in [7, 11) is 0. The Morgan fingerprint density at radius 2 is 0.871 bits per heavy atom. The summed E-state index contributed by atoms with van der Waals surface area (Å²) in [6.45, 7) is 58.0. The molecule has 37 heteroatoms. The number of allylic oxidation sites excluding steroid dienone is 2. The SMILES string of the molecule is C.C.C=CCCCN(CC=C)C(=O)OC(C)(C)C.C=CCNC(=O)OC(C)(C)C.CC(C)(C)OC(=O)N1CC=CCCC1.CC(C)(C)OC(=O)N1CCCC(N)C(O)C1.CC(C)(C)OC(=O)N1CCCC2OC2C1.CC(C)C[C@H](NC(=O)OCc1ccccc1)C(=O)NC1CCCN(C(=O)[C@H](CC(C)C)NC(=O)OCc2ccccc2)CC1O.CC(C)C[C@H](NC(=O)OCc1ccccc1)C(=O)NC1CCC[NH2+]CC1O.[Cl-]. The molecule has 36 nitrogen and oxygen atoms in total. The highest BCUT2D eigenvalue weighted by atomic mass is 35.5. The number of nitrogens with zero attached hydrogens (tertiary/aromatic N) is 5. The number of halogens is 1. The maximum Gasteiger partial charge on any atom is 0.410 e. The Hall–Kier alpha value is -10.8. The lowest BCUT2D eigenvalue weighted by molar-refractivity contribution is -0.658. The number of hydrogen-bond donors (Lipinski definition) is 11. The van der Waals surface area contributed by atoms with Crippen molar-refractivity contribution in [1.82, 2.24) is 56.4 Å². The van der Waals surface area contributed by atoms with Crippen molar-refractivity contribution in [2.45, 2.75) is 371 Å². The number of carbonyl (C=O) groups excluding carboxylic acids is 11. The van der Waals surface area contributed by atoms with Gasteiger partial charge in [-0.1, -0.05) is 178 Å². The Kier molecular flexibility index (Phi) is 65.8. The number of rotatable bonds is 28. The predicted molar refractivity (Wildman–Crippen MR) is 570 cm³/mol. The van der Waals surface area contributed by atoms with E-state index in [4.69, 9.17) is 48.4 Å². The maximum atomic E-state index is 13.6. The number of β-amino-alcohol motifs (C(OH)–C–C–N with tert-alkyl or cyclic N) is 2. The molecule has 8 unspecified atom stereocenters. The zero-order valence-corrected chi connectivity index (χ0v) is 91.2. The first-order valence-electron chi connectivity index (χ1n) is 51.0. The number of epoxide rings is 1. The number of unbranched alkanes of at least 4 members (excludes halogenated alkanes) is 1. The summed E-state index contributed by atoms with van der Waals surface area (Å²) in [5, 5.41) is 49.4. The molecule has 5 fully saturated rings. The lowest BCUT2D eigenvalue weighted by Gasteiger charge is -2.30. The zero-order chi connectivity index (χ0) is 108. The van der Waals surface area contributed by atoms with Crippen LogP contribution < -0.4 is 55.4 Å². The molecule has 0 radical (unpaired) electrons. The minimum atomic E-state index is -1.05. The number of ether oxygens (including phenoxy) is 9. The normalized spacial score (nSPS) is 19.1. The second kappa shape index (κ2) is 71.0. The van der Waals surface area contributed by atoms with Crippen molar-refractivity contribution in [1.29, 1.82) is 0 Å². The van der Waals surface area contributed by atoms with Crippen LogP contribution in [0.4, 0.5) is 38.4 Å². The van der Waals surface area contributed by atoms with E-state index in [1.807, 2.05) is 249 Å². The van der Waals surface area contributed by atoms with Crippen LogP contribution in [0.3, 0.4) is 0 Å². The summed E-state index contributed by atoms with van der Waals surface area (Å²) >= 11 is 0. The Morgan fingerprint density at radius 3 is 1.31 bits per heavy atom. The number of amides is 11. The van der Waals surface area contributed by atoms with Gasteiger partial charge in [0, 0.05) is 64.9 Å². The molecule has 0 aliphatic carbocycles. The summed E-state index contributed by atoms with van der Waals surface area (Å²) < 4.78 is 47.4.